The van der Waals surface area contributed by atoms with Gasteiger partial charge in [0.05, 0.1) is 0 Å². The lowest BCUT2D eigenvalue weighted by atomic mass is 9.89. The van der Waals surface area contributed by atoms with Gasteiger partial charge in [-0.2, -0.15) is 0 Å². The van der Waals surface area contributed by atoms with E-state index in [0.29, 0.717) is 0 Å². The molecule has 0 spiro atoms. The van der Waals surface area contributed by atoms with Crippen molar-refractivity contribution in [1.82, 2.24) is 10.6 Å². The molecule has 0 amide bonds. The molecule has 2 bridgehead atoms. The first-order valence-electron chi connectivity index (χ1n) is 6.86. The average molecular weight is 208 g/mol. The summed E-state index contributed by atoms with van der Waals surface area (Å²) in [5.74, 6) is 3.20. The predicted molar refractivity (Wildman–Crippen MR) is 62.8 cm³/mol. The Labute approximate surface area is 93.2 Å². The second-order valence-corrected chi connectivity index (χ2v) is 5.89. The molecule has 2 N–H and O–H groups in total. The zero-order chi connectivity index (χ0) is 10.1. The van der Waals surface area contributed by atoms with Crippen molar-refractivity contribution in [3.05, 3.63) is 0 Å². The maximum absolute atomic E-state index is 3.69. The molecule has 2 heteroatoms. The smallest absolute Gasteiger partial charge is 0.0192 e. The lowest BCUT2D eigenvalue weighted by Crippen LogP contribution is -2.37. The van der Waals surface area contributed by atoms with Crippen LogP contribution in [0.2, 0.25) is 0 Å². The van der Waals surface area contributed by atoms with Crippen molar-refractivity contribution >= 4 is 0 Å². The van der Waals surface area contributed by atoms with Crippen molar-refractivity contribution in [2.45, 2.75) is 44.6 Å². The van der Waals surface area contributed by atoms with Gasteiger partial charge in [-0.05, 0) is 62.9 Å². The van der Waals surface area contributed by atoms with Gasteiger partial charge in [0.2, 0.25) is 0 Å². The van der Waals surface area contributed by atoms with Crippen LogP contribution in [0, 0.1) is 17.8 Å². The molecule has 1 heterocycles. The van der Waals surface area contributed by atoms with Gasteiger partial charge in [-0.15, -0.1) is 0 Å². The number of rotatable bonds is 4. The molecule has 1 aliphatic heterocycles. The zero-order valence-corrected chi connectivity index (χ0v) is 9.67. The van der Waals surface area contributed by atoms with E-state index < -0.39 is 0 Å². The molecule has 2 saturated carbocycles. The topological polar surface area (TPSA) is 24.1 Å². The largest absolute Gasteiger partial charge is 0.315 e. The number of nitrogens with one attached hydrogen (secondary N) is 2. The van der Waals surface area contributed by atoms with Crippen LogP contribution in [0.4, 0.5) is 0 Å². The van der Waals surface area contributed by atoms with Crippen LogP contribution in [0.25, 0.3) is 0 Å². The minimum absolute atomic E-state index is 0.767. The standard InChI is InChI=1S/C13H24N2/c1-2-13(15-5-1)9-14-8-12-7-10-3-4-11(12)6-10/h10-15H,1-9H2. The van der Waals surface area contributed by atoms with Crippen LogP contribution >= 0.6 is 0 Å². The molecule has 0 aromatic heterocycles. The summed E-state index contributed by atoms with van der Waals surface area (Å²) >= 11 is 0. The van der Waals surface area contributed by atoms with Gasteiger partial charge in [0.25, 0.3) is 0 Å². The summed E-state index contributed by atoms with van der Waals surface area (Å²) in [6, 6.07) is 0.767. The summed E-state index contributed by atoms with van der Waals surface area (Å²) in [5.41, 5.74) is 0. The summed E-state index contributed by atoms with van der Waals surface area (Å²) in [7, 11) is 0. The fourth-order valence-electron chi connectivity index (χ4n) is 4.00. The molecule has 3 fully saturated rings. The number of hydrogen-bond donors (Lipinski definition) is 2. The Morgan fingerprint density at radius 1 is 1.07 bits per heavy atom. The van der Waals surface area contributed by atoms with Crippen molar-refractivity contribution in [1.29, 1.82) is 0 Å². The second kappa shape index (κ2) is 4.42. The van der Waals surface area contributed by atoms with Crippen LogP contribution in [0.5, 0.6) is 0 Å². The maximum Gasteiger partial charge on any atom is 0.0192 e. The van der Waals surface area contributed by atoms with E-state index in [9.17, 15) is 0 Å². The average Bonchev–Trinajstić information content (AvgIpc) is 2.93. The molecule has 3 rings (SSSR count). The summed E-state index contributed by atoms with van der Waals surface area (Å²) in [4.78, 5) is 0. The Kier molecular flexibility index (Phi) is 2.98. The lowest BCUT2D eigenvalue weighted by Gasteiger charge is -2.22. The minimum Gasteiger partial charge on any atom is -0.315 e. The van der Waals surface area contributed by atoms with Gasteiger partial charge >= 0.3 is 0 Å². The molecular formula is C13H24N2. The highest BCUT2D eigenvalue weighted by Gasteiger charge is 2.38. The van der Waals surface area contributed by atoms with Gasteiger partial charge in [-0.1, -0.05) is 6.42 Å². The Morgan fingerprint density at radius 2 is 2.07 bits per heavy atom. The van der Waals surface area contributed by atoms with E-state index in [0.717, 1.165) is 23.8 Å². The van der Waals surface area contributed by atoms with Crippen LogP contribution in [0.1, 0.15) is 38.5 Å². The highest BCUT2D eigenvalue weighted by Crippen LogP contribution is 2.47. The third-order valence-electron chi connectivity index (χ3n) is 4.84. The maximum atomic E-state index is 3.69. The Morgan fingerprint density at radius 3 is 2.73 bits per heavy atom. The van der Waals surface area contributed by atoms with E-state index >= 15 is 0 Å². The quantitative estimate of drug-likeness (QED) is 0.735. The lowest BCUT2D eigenvalue weighted by molar-refractivity contribution is 0.315. The Balaban J connectivity index is 1.36. The van der Waals surface area contributed by atoms with Gasteiger partial charge < -0.3 is 10.6 Å². The van der Waals surface area contributed by atoms with Crippen LogP contribution in [0.3, 0.4) is 0 Å². The molecule has 4 unspecified atom stereocenters. The fourth-order valence-corrected chi connectivity index (χ4v) is 4.00. The van der Waals surface area contributed by atoms with Gasteiger partial charge in [0, 0.05) is 12.6 Å². The predicted octanol–water partition coefficient (Wildman–Crippen LogP) is 1.76. The summed E-state index contributed by atoms with van der Waals surface area (Å²) in [6.45, 7) is 3.73. The van der Waals surface area contributed by atoms with Crippen molar-refractivity contribution in [3.8, 4) is 0 Å². The third kappa shape index (κ3) is 2.21. The van der Waals surface area contributed by atoms with Crippen LogP contribution in [-0.2, 0) is 0 Å². The highest BCUT2D eigenvalue weighted by molar-refractivity contribution is 4.91. The van der Waals surface area contributed by atoms with Gasteiger partial charge in [-0.25, -0.2) is 0 Å². The Hall–Kier alpha value is -0.0800. The molecule has 0 aromatic carbocycles. The highest BCUT2D eigenvalue weighted by atomic mass is 15.0. The van der Waals surface area contributed by atoms with E-state index in [2.05, 4.69) is 10.6 Å². The molecule has 4 atom stereocenters. The first-order valence-corrected chi connectivity index (χ1v) is 6.86. The normalized spacial score (nSPS) is 44.0. The summed E-state index contributed by atoms with van der Waals surface area (Å²) in [5, 5.41) is 7.25. The second-order valence-electron chi connectivity index (χ2n) is 5.89. The van der Waals surface area contributed by atoms with Crippen LogP contribution in [-0.4, -0.2) is 25.7 Å². The first kappa shape index (κ1) is 10.1. The molecule has 0 radical (unpaired) electrons. The molecule has 1 saturated heterocycles. The van der Waals surface area contributed by atoms with Crippen molar-refractivity contribution in [3.63, 3.8) is 0 Å². The first-order chi connectivity index (χ1) is 7.42. The van der Waals surface area contributed by atoms with Crippen LogP contribution < -0.4 is 10.6 Å². The van der Waals surface area contributed by atoms with Gasteiger partial charge in [0.15, 0.2) is 0 Å². The van der Waals surface area contributed by atoms with Gasteiger partial charge in [-0.3, -0.25) is 0 Å². The van der Waals surface area contributed by atoms with Gasteiger partial charge in [0.1, 0.15) is 0 Å². The van der Waals surface area contributed by atoms with Crippen molar-refractivity contribution in [2.75, 3.05) is 19.6 Å². The fraction of sp³-hybridized carbons (Fsp3) is 1.00. The molecule has 15 heavy (non-hydrogen) atoms. The molecule has 2 aliphatic carbocycles. The van der Waals surface area contributed by atoms with E-state index in [1.807, 2.05) is 0 Å². The van der Waals surface area contributed by atoms with Crippen molar-refractivity contribution < 1.29 is 0 Å². The van der Waals surface area contributed by atoms with Crippen LogP contribution in [0.15, 0.2) is 0 Å². The molecule has 2 nitrogen and oxygen atoms in total. The summed E-state index contributed by atoms with van der Waals surface area (Å²) in [6.07, 6.45) is 8.89. The van der Waals surface area contributed by atoms with E-state index in [4.69, 9.17) is 0 Å². The summed E-state index contributed by atoms with van der Waals surface area (Å²) < 4.78 is 0. The number of hydrogen-bond acceptors (Lipinski definition) is 2. The third-order valence-corrected chi connectivity index (χ3v) is 4.84. The van der Waals surface area contributed by atoms with Crippen molar-refractivity contribution in [2.24, 2.45) is 17.8 Å². The van der Waals surface area contributed by atoms with E-state index in [1.54, 1.807) is 6.42 Å². The van der Waals surface area contributed by atoms with E-state index in [1.165, 1.54) is 51.7 Å². The molecule has 3 aliphatic rings. The molecular weight excluding hydrogens is 184 g/mol. The monoisotopic (exact) mass is 208 g/mol. The molecule has 0 aromatic rings. The molecule has 86 valence electrons. The number of fused-ring (bicyclic) bond motifs is 2. The zero-order valence-electron chi connectivity index (χ0n) is 9.67. The minimum atomic E-state index is 0.767. The van der Waals surface area contributed by atoms with E-state index in [-0.39, 0.29) is 0 Å². The SMILES string of the molecule is C1CNC(CNCC2CC3CCC2C3)C1. The Bertz CT molecular complexity index is 211.